The van der Waals surface area contributed by atoms with Crippen LogP contribution in [0.25, 0.3) is 10.9 Å². The van der Waals surface area contributed by atoms with Crippen molar-refractivity contribution in [2.24, 2.45) is 0 Å². The number of tetrazole rings is 1. The Hall–Kier alpha value is -3.09. The van der Waals surface area contributed by atoms with Crippen molar-refractivity contribution in [3.8, 4) is 0 Å². The molecular formula is C14H12N6O. The molecule has 7 heteroatoms. The number of carbonyl (C=O) groups excluding carboxylic acids is 1. The van der Waals surface area contributed by atoms with Gasteiger partial charge in [0.25, 0.3) is 5.91 Å². The van der Waals surface area contributed by atoms with Gasteiger partial charge in [-0.1, -0.05) is 29.4 Å². The van der Waals surface area contributed by atoms with Crippen LogP contribution in [0.1, 0.15) is 10.4 Å². The van der Waals surface area contributed by atoms with Gasteiger partial charge in [-0.3, -0.25) is 15.1 Å². The number of carbonyl (C=O) groups is 1. The fourth-order valence-electron chi connectivity index (χ4n) is 2.00. The number of anilines is 1. The molecule has 0 atom stereocenters. The van der Waals surface area contributed by atoms with Gasteiger partial charge in [0.05, 0.1) is 17.6 Å². The quantitative estimate of drug-likeness (QED) is 0.734. The fourth-order valence-corrected chi connectivity index (χ4v) is 2.00. The zero-order valence-electron chi connectivity index (χ0n) is 11.1. The minimum Gasteiger partial charge on any atom is -0.289 e. The lowest BCUT2D eigenvalue weighted by Crippen LogP contribution is -2.17. The smallest absolute Gasteiger partial charge is 0.260 e. The van der Waals surface area contributed by atoms with Crippen LogP contribution in [0.5, 0.6) is 0 Å². The molecule has 0 aliphatic carbocycles. The monoisotopic (exact) mass is 280 g/mol. The van der Waals surface area contributed by atoms with Gasteiger partial charge in [0, 0.05) is 11.6 Å². The highest BCUT2D eigenvalue weighted by Crippen LogP contribution is 2.17. The van der Waals surface area contributed by atoms with Crippen molar-refractivity contribution in [3.05, 3.63) is 54.7 Å². The summed E-state index contributed by atoms with van der Waals surface area (Å²) in [5.41, 5.74) is 1.11. The zero-order chi connectivity index (χ0) is 14.7. The summed E-state index contributed by atoms with van der Waals surface area (Å²) in [4.78, 5) is 16.7. The molecule has 0 saturated heterocycles. The van der Waals surface area contributed by atoms with Crippen molar-refractivity contribution in [2.75, 3.05) is 5.32 Å². The van der Waals surface area contributed by atoms with Crippen molar-refractivity contribution in [3.63, 3.8) is 0 Å². The molecule has 7 nitrogen and oxygen atoms in total. The summed E-state index contributed by atoms with van der Waals surface area (Å²) in [6, 6.07) is 9.16. The molecule has 3 aromatic rings. The largest absolute Gasteiger partial charge is 0.289 e. The van der Waals surface area contributed by atoms with Crippen molar-refractivity contribution in [1.29, 1.82) is 0 Å². The van der Waals surface area contributed by atoms with E-state index in [0.29, 0.717) is 17.6 Å². The Morgan fingerprint density at radius 2 is 2.19 bits per heavy atom. The first-order chi connectivity index (χ1) is 10.3. The molecular weight excluding hydrogens is 268 g/mol. The van der Waals surface area contributed by atoms with Crippen LogP contribution in [-0.4, -0.2) is 31.1 Å². The second-order valence-electron chi connectivity index (χ2n) is 4.31. The first kappa shape index (κ1) is 12.9. The minimum atomic E-state index is -0.306. The second kappa shape index (κ2) is 5.49. The van der Waals surface area contributed by atoms with Crippen LogP contribution >= 0.6 is 0 Å². The molecule has 1 amide bonds. The van der Waals surface area contributed by atoms with E-state index in [1.807, 2.05) is 24.3 Å². The number of fused-ring (bicyclic) bond motifs is 1. The highest BCUT2D eigenvalue weighted by atomic mass is 16.1. The van der Waals surface area contributed by atoms with E-state index in [1.54, 1.807) is 18.3 Å². The molecule has 0 aliphatic heterocycles. The maximum absolute atomic E-state index is 12.4. The number of pyridine rings is 1. The van der Waals surface area contributed by atoms with Gasteiger partial charge in [-0.25, -0.2) is 4.68 Å². The van der Waals surface area contributed by atoms with E-state index in [4.69, 9.17) is 0 Å². The number of nitrogens with zero attached hydrogens (tertiary/aromatic N) is 5. The van der Waals surface area contributed by atoms with Gasteiger partial charge in [-0.05, 0) is 22.6 Å². The predicted molar refractivity (Wildman–Crippen MR) is 77.7 cm³/mol. The number of para-hydroxylation sites is 1. The minimum absolute atomic E-state index is 0.271. The van der Waals surface area contributed by atoms with Crippen LogP contribution in [0.3, 0.4) is 0 Å². The molecule has 1 aromatic carbocycles. The molecule has 0 saturated carbocycles. The molecule has 0 spiro atoms. The molecule has 1 N–H and O–H groups in total. The Morgan fingerprint density at radius 1 is 1.33 bits per heavy atom. The summed E-state index contributed by atoms with van der Waals surface area (Å²) < 4.78 is 1.45. The number of allylic oxidation sites excluding steroid dienone is 1. The molecule has 104 valence electrons. The zero-order valence-corrected chi connectivity index (χ0v) is 11.1. The van der Waals surface area contributed by atoms with E-state index in [1.165, 1.54) is 4.68 Å². The SMILES string of the molecule is C=CCn1nnnc1NC(=O)c1cccc2cccnc12. The van der Waals surface area contributed by atoms with Crippen LogP contribution in [-0.2, 0) is 6.54 Å². The number of benzene rings is 1. The number of hydrogen-bond donors (Lipinski definition) is 1. The third kappa shape index (κ3) is 2.48. The van der Waals surface area contributed by atoms with Crippen LogP contribution in [0.4, 0.5) is 5.95 Å². The van der Waals surface area contributed by atoms with E-state index in [0.717, 1.165) is 5.39 Å². The highest BCUT2D eigenvalue weighted by molar-refractivity contribution is 6.11. The normalized spacial score (nSPS) is 10.5. The summed E-state index contributed by atoms with van der Waals surface area (Å²) in [5, 5.41) is 14.7. The van der Waals surface area contributed by atoms with Gasteiger partial charge >= 0.3 is 0 Å². The maximum atomic E-state index is 12.4. The average Bonchev–Trinajstić information content (AvgIpc) is 2.94. The van der Waals surface area contributed by atoms with E-state index in [2.05, 4.69) is 32.4 Å². The van der Waals surface area contributed by atoms with Gasteiger partial charge in [-0.2, -0.15) is 0 Å². The second-order valence-corrected chi connectivity index (χ2v) is 4.31. The third-order valence-electron chi connectivity index (χ3n) is 2.94. The molecule has 0 bridgehead atoms. The van der Waals surface area contributed by atoms with E-state index < -0.39 is 0 Å². The summed E-state index contributed by atoms with van der Waals surface area (Å²) in [5.74, 6) is -0.0350. The van der Waals surface area contributed by atoms with Gasteiger partial charge in [0.15, 0.2) is 0 Å². The summed E-state index contributed by atoms with van der Waals surface area (Å²) in [7, 11) is 0. The summed E-state index contributed by atoms with van der Waals surface area (Å²) >= 11 is 0. The lowest BCUT2D eigenvalue weighted by Gasteiger charge is -2.06. The molecule has 0 radical (unpaired) electrons. The van der Waals surface area contributed by atoms with Crippen LogP contribution in [0, 0.1) is 0 Å². The third-order valence-corrected chi connectivity index (χ3v) is 2.94. The number of nitrogens with one attached hydrogen (secondary N) is 1. The molecule has 3 rings (SSSR count). The van der Waals surface area contributed by atoms with Gasteiger partial charge < -0.3 is 0 Å². The average molecular weight is 280 g/mol. The first-order valence-electron chi connectivity index (χ1n) is 6.32. The molecule has 0 aliphatic rings. The Kier molecular flexibility index (Phi) is 3.38. The number of aromatic nitrogens is 5. The van der Waals surface area contributed by atoms with Crippen LogP contribution in [0.2, 0.25) is 0 Å². The van der Waals surface area contributed by atoms with Gasteiger partial charge in [-0.15, -0.1) is 6.58 Å². The van der Waals surface area contributed by atoms with Gasteiger partial charge in [0.2, 0.25) is 5.95 Å². The van der Waals surface area contributed by atoms with Crippen molar-refractivity contribution in [2.45, 2.75) is 6.54 Å². The summed E-state index contributed by atoms with van der Waals surface area (Å²) in [6.45, 7) is 4.03. The Bertz CT molecular complexity index is 805. The topological polar surface area (TPSA) is 85.6 Å². The number of amides is 1. The van der Waals surface area contributed by atoms with Crippen molar-refractivity contribution in [1.82, 2.24) is 25.2 Å². The maximum Gasteiger partial charge on any atom is 0.260 e. The van der Waals surface area contributed by atoms with E-state index in [9.17, 15) is 4.79 Å². The molecule has 0 unspecified atom stereocenters. The lowest BCUT2D eigenvalue weighted by atomic mass is 10.1. The van der Waals surface area contributed by atoms with Crippen LogP contribution in [0.15, 0.2) is 49.2 Å². The lowest BCUT2D eigenvalue weighted by molar-refractivity contribution is 0.102. The van der Waals surface area contributed by atoms with Gasteiger partial charge in [0.1, 0.15) is 0 Å². The van der Waals surface area contributed by atoms with E-state index in [-0.39, 0.29) is 11.9 Å². The summed E-state index contributed by atoms with van der Waals surface area (Å²) in [6.07, 6.45) is 3.30. The standard InChI is InChI=1S/C14H12N6O/c1-2-9-20-14(17-18-19-20)16-13(21)11-7-3-5-10-6-4-8-15-12(10)11/h2-8H,1,9H2,(H,16,17,19,21). The highest BCUT2D eigenvalue weighted by Gasteiger charge is 2.14. The van der Waals surface area contributed by atoms with Crippen molar-refractivity contribution < 1.29 is 4.79 Å². The predicted octanol–water partition coefficient (Wildman–Crippen LogP) is 1.66. The number of rotatable bonds is 4. The van der Waals surface area contributed by atoms with Crippen LogP contribution < -0.4 is 5.32 Å². The first-order valence-corrected chi connectivity index (χ1v) is 6.32. The fraction of sp³-hybridized carbons (Fsp3) is 0.0714. The Morgan fingerprint density at radius 3 is 3.05 bits per heavy atom. The molecule has 21 heavy (non-hydrogen) atoms. The molecule has 2 heterocycles. The van der Waals surface area contributed by atoms with Crippen molar-refractivity contribution >= 4 is 22.8 Å². The Balaban J connectivity index is 1.94. The number of hydrogen-bond acceptors (Lipinski definition) is 5. The molecule has 0 fully saturated rings. The molecule has 2 aromatic heterocycles. The van der Waals surface area contributed by atoms with E-state index >= 15 is 0 Å². The Labute approximate surface area is 120 Å².